The van der Waals surface area contributed by atoms with Crippen LogP contribution in [0.25, 0.3) is 0 Å². The highest BCUT2D eigenvalue weighted by atomic mass is 16.6. The lowest BCUT2D eigenvalue weighted by molar-refractivity contribution is -0.384. The van der Waals surface area contributed by atoms with Crippen LogP contribution in [-0.2, 0) is 6.54 Å². The third-order valence-corrected chi connectivity index (χ3v) is 4.82. The fourth-order valence-electron chi connectivity index (χ4n) is 3.02. The van der Waals surface area contributed by atoms with Gasteiger partial charge >= 0.3 is 0 Å². The summed E-state index contributed by atoms with van der Waals surface area (Å²) in [5.41, 5.74) is 6.57. The summed E-state index contributed by atoms with van der Waals surface area (Å²) in [6.45, 7) is 2.52. The summed E-state index contributed by atoms with van der Waals surface area (Å²) in [6.07, 6.45) is 1.69. The van der Waals surface area contributed by atoms with E-state index in [1.165, 1.54) is 12.1 Å². The Bertz CT molecular complexity index is 1290. The number of non-ortho nitro benzene ring substituents is 1. The first kappa shape index (κ1) is 22.3. The van der Waals surface area contributed by atoms with E-state index in [4.69, 9.17) is 0 Å². The monoisotopic (exact) mass is 454 g/mol. The fourth-order valence-corrected chi connectivity index (χ4v) is 3.02. The molecule has 0 atom stereocenters. The second kappa shape index (κ2) is 10.6. The topological polar surface area (TPSA) is 130 Å². The number of hydrazone groups is 1. The predicted octanol–water partition coefficient (Wildman–Crippen LogP) is 4.89. The number of hydrogen-bond acceptors (Lipinski definition) is 9. The third-order valence-electron chi connectivity index (χ3n) is 4.82. The highest BCUT2D eigenvalue weighted by molar-refractivity contribution is 5.82. The van der Waals surface area contributed by atoms with Gasteiger partial charge in [0.1, 0.15) is 0 Å². The number of nitro groups is 1. The maximum absolute atomic E-state index is 10.9. The van der Waals surface area contributed by atoms with E-state index in [0.717, 1.165) is 16.7 Å². The third kappa shape index (κ3) is 6.10. The molecule has 0 aliphatic carbocycles. The normalized spacial score (nSPS) is 10.7. The van der Waals surface area contributed by atoms with E-state index < -0.39 is 4.92 Å². The molecule has 170 valence electrons. The molecular formula is C24H22N8O2. The Hall–Kier alpha value is -4.86. The van der Waals surface area contributed by atoms with Crippen molar-refractivity contribution in [2.24, 2.45) is 5.10 Å². The van der Waals surface area contributed by atoms with Crippen LogP contribution in [0.2, 0.25) is 0 Å². The summed E-state index contributed by atoms with van der Waals surface area (Å²) >= 11 is 0. The molecule has 0 unspecified atom stereocenters. The van der Waals surface area contributed by atoms with Crippen LogP contribution in [0.15, 0.2) is 84.0 Å². The molecule has 0 radical (unpaired) electrons. The van der Waals surface area contributed by atoms with Crippen molar-refractivity contribution in [2.45, 2.75) is 13.5 Å². The molecule has 34 heavy (non-hydrogen) atoms. The van der Waals surface area contributed by atoms with Crippen LogP contribution in [0, 0.1) is 17.0 Å². The quantitative estimate of drug-likeness (QED) is 0.185. The van der Waals surface area contributed by atoms with Gasteiger partial charge in [0, 0.05) is 24.4 Å². The van der Waals surface area contributed by atoms with Crippen molar-refractivity contribution < 1.29 is 4.92 Å². The van der Waals surface area contributed by atoms with Crippen LogP contribution in [0.4, 0.5) is 29.2 Å². The lowest BCUT2D eigenvalue weighted by atomic mass is 10.1. The first-order valence-electron chi connectivity index (χ1n) is 10.5. The Morgan fingerprint density at radius 3 is 2.29 bits per heavy atom. The number of rotatable bonds is 9. The lowest BCUT2D eigenvalue weighted by Crippen LogP contribution is -2.09. The summed E-state index contributed by atoms with van der Waals surface area (Å²) in [6, 6.07) is 23.7. The van der Waals surface area contributed by atoms with Gasteiger partial charge in [-0.15, -0.1) is 0 Å². The number of hydrogen-bond donors (Lipinski definition) is 3. The van der Waals surface area contributed by atoms with Crippen LogP contribution in [0.1, 0.15) is 16.7 Å². The number of benzene rings is 3. The van der Waals surface area contributed by atoms with Crippen LogP contribution in [0.5, 0.6) is 0 Å². The minimum absolute atomic E-state index is 0.000637. The van der Waals surface area contributed by atoms with Crippen LogP contribution >= 0.6 is 0 Å². The van der Waals surface area contributed by atoms with E-state index in [1.54, 1.807) is 18.3 Å². The number of aromatic nitrogens is 3. The standard InChI is InChI=1S/C24H22N8O2/c1-17-7-5-6-10-19(17)16-26-31-24-29-22(25-15-18-8-3-2-4-9-18)28-23(30-24)27-20-11-13-21(14-12-20)32(33)34/h2-14,16H,15H2,1H3,(H3,25,27,28,29,30,31). The van der Waals surface area contributed by atoms with Gasteiger partial charge in [0.15, 0.2) is 0 Å². The van der Waals surface area contributed by atoms with E-state index in [9.17, 15) is 10.1 Å². The minimum Gasteiger partial charge on any atom is -0.350 e. The Kier molecular flexibility index (Phi) is 6.99. The van der Waals surface area contributed by atoms with Crippen molar-refractivity contribution >= 4 is 35.4 Å². The fraction of sp³-hybridized carbons (Fsp3) is 0.0833. The second-order valence-electron chi connectivity index (χ2n) is 7.30. The maximum Gasteiger partial charge on any atom is 0.269 e. The van der Waals surface area contributed by atoms with Gasteiger partial charge < -0.3 is 10.6 Å². The predicted molar refractivity (Wildman–Crippen MR) is 132 cm³/mol. The number of anilines is 4. The highest BCUT2D eigenvalue weighted by Crippen LogP contribution is 2.19. The number of nitrogens with one attached hydrogen (secondary N) is 3. The van der Waals surface area contributed by atoms with Gasteiger partial charge in [-0.05, 0) is 35.7 Å². The number of aryl methyl sites for hydroxylation is 1. The van der Waals surface area contributed by atoms with Gasteiger partial charge in [-0.25, -0.2) is 5.43 Å². The summed E-state index contributed by atoms with van der Waals surface area (Å²) in [5, 5.41) is 21.4. The summed E-state index contributed by atoms with van der Waals surface area (Å²) < 4.78 is 0. The highest BCUT2D eigenvalue weighted by Gasteiger charge is 2.09. The molecule has 10 heteroatoms. The van der Waals surface area contributed by atoms with E-state index >= 15 is 0 Å². The Balaban J connectivity index is 1.54. The van der Waals surface area contributed by atoms with Crippen molar-refractivity contribution in [2.75, 3.05) is 16.1 Å². The average Bonchev–Trinajstić information content (AvgIpc) is 2.85. The van der Waals surface area contributed by atoms with Crippen LogP contribution in [-0.4, -0.2) is 26.1 Å². The van der Waals surface area contributed by atoms with Gasteiger partial charge in [0.2, 0.25) is 17.8 Å². The molecule has 4 rings (SSSR count). The smallest absolute Gasteiger partial charge is 0.269 e. The molecule has 3 N–H and O–H groups in total. The molecule has 0 aliphatic heterocycles. The molecule has 0 fully saturated rings. The molecular weight excluding hydrogens is 432 g/mol. The Morgan fingerprint density at radius 2 is 1.56 bits per heavy atom. The minimum atomic E-state index is -0.452. The van der Waals surface area contributed by atoms with E-state index in [1.807, 2.05) is 61.5 Å². The average molecular weight is 454 g/mol. The Labute approximate surface area is 196 Å². The first-order chi connectivity index (χ1) is 16.6. The molecule has 1 aromatic heterocycles. The number of nitrogens with zero attached hydrogens (tertiary/aromatic N) is 5. The molecule has 0 saturated heterocycles. The van der Waals surface area contributed by atoms with Crippen molar-refractivity contribution in [1.29, 1.82) is 0 Å². The maximum atomic E-state index is 10.9. The molecule has 0 amide bonds. The lowest BCUT2D eigenvalue weighted by Gasteiger charge is -2.10. The van der Waals surface area contributed by atoms with Gasteiger partial charge in [-0.1, -0.05) is 54.6 Å². The van der Waals surface area contributed by atoms with Crippen LogP contribution in [0.3, 0.4) is 0 Å². The largest absolute Gasteiger partial charge is 0.350 e. The van der Waals surface area contributed by atoms with Crippen molar-refractivity contribution in [3.63, 3.8) is 0 Å². The van der Waals surface area contributed by atoms with Gasteiger partial charge in [-0.2, -0.15) is 20.1 Å². The molecule has 0 bridgehead atoms. The zero-order valence-corrected chi connectivity index (χ0v) is 18.3. The molecule has 0 spiro atoms. The molecule has 3 aromatic carbocycles. The van der Waals surface area contributed by atoms with Crippen LogP contribution < -0.4 is 16.1 Å². The van der Waals surface area contributed by atoms with Crippen molar-refractivity contribution in [3.8, 4) is 0 Å². The summed E-state index contributed by atoms with van der Waals surface area (Å²) in [7, 11) is 0. The SMILES string of the molecule is Cc1ccccc1C=NNc1nc(NCc2ccccc2)nc(Nc2ccc([N+](=O)[O-])cc2)n1. The molecule has 1 heterocycles. The van der Waals surface area contributed by atoms with Gasteiger partial charge in [0.05, 0.1) is 11.1 Å². The molecule has 4 aromatic rings. The zero-order valence-electron chi connectivity index (χ0n) is 18.3. The van der Waals surface area contributed by atoms with Gasteiger partial charge in [-0.3, -0.25) is 10.1 Å². The molecule has 0 saturated carbocycles. The van der Waals surface area contributed by atoms with Crippen molar-refractivity contribution in [1.82, 2.24) is 15.0 Å². The zero-order chi connectivity index (χ0) is 23.8. The summed E-state index contributed by atoms with van der Waals surface area (Å²) in [4.78, 5) is 23.6. The van der Waals surface area contributed by atoms with E-state index in [2.05, 4.69) is 36.1 Å². The molecule has 10 nitrogen and oxygen atoms in total. The summed E-state index contributed by atoms with van der Waals surface area (Å²) in [5.74, 6) is 0.838. The van der Waals surface area contributed by atoms with Gasteiger partial charge in [0.25, 0.3) is 5.69 Å². The Morgan fingerprint density at radius 1 is 0.882 bits per heavy atom. The van der Waals surface area contributed by atoms with Crippen molar-refractivity contribution in [3.05, 3.63) is 106 Å². The first-order valence-corrected chi connectivity index (χ1v) is 10.5. The van der Waals surface area contributed by atoms with E-state index in [0.29, 0.717) is 18.2 Å². The van der Waals surface area contributed by atoms with E-state index in [-0.39, 0.29) is 17.6 Å². The number of nitro benzene ring substituents is 1. The molecule has 0 aliphatic rings. The second-order valence-corrected chi connectivity index (χ2v) is 7.30.